The minimum atomic E-state index is -0.735. The van der Waals surface area contributed by atoms with Gasteiger partial charge in [0.25, 0.3) is 5.91 Å². The Morgan fingerprint density at radius 3 is 2.92 bits per heavy atom. The van der Waals surface area contributed by atoms with Crippen LogP contribution in [0.4, 0.5) is 11.4 Å². The van der Waals surface area contributed by atoms with E-state index in [1.165, 1.54) is 0 Å². The highest BCUT2D eigenvalue weighted by molar-refractivity contribution is 6.31. The van der Waals surface area contributed by atoms with E-state index in [1.54, 1.807) is 30.3 Å². The van der Waals surface area contributed by atoms with Crippen LogP contribution in [-0.4, -0.2) is 16.1 Å². The lowest BCUT2D eigenvalue weighted by atomic mass is 9.80. The number of phenolic OH excluding ortho intramolecular Hbond substituents is 1. The lowest BCUT2D eigenvalue weighted by Crippen LogP contribution is -2.18. The minimum Gasteiger partial charge on any atom is -0.508 e. The number of carbonyl (C=O) groups excluding carboxylic acids is 1. The van der Waals surface area contributed by atoms with Crippen LogP contribution in [0.1, 0.15) is 29.2 Å². The van der Waals surface area contributed by atoms with Crippen LogP contribution in [0.5, 0.6) is 5.75 Å². The van der Waals surface area contributed by atoms with Crippen molar-refractivity contribution in [2.45, 2.75) is 18.9 Å². The van der Waals surface area contributed by atoms with E-state index in [2.05, 4.69) is 5.32 Å². The second-order valence-electron chi connectivity index (χ2n) is 6.41. The number of amides is 1. The highest BCUT2D eigenvalue weighted by atomic mass is 16.3. The van der Waals surface area contributed by atoms with Crippen LogP contribution in [0.15, 0.2) is 42.5 Å². The number of allylic oxidation sites excluding steroid dienone is 1. The maximum Gasteiger partial charge on any atom is 0.256 e. The predicted molar refractivity (Wildman–Crippen MR) is 92.3 cm³/mol. The van der Waals surface area contributed by atoms with E-state index in [9.17, 15) is 15.0 Å². The number of aromatic hydroxyl groups is 1. The summed E-state index contributed by atoms with van der Waals surface area (Å²) in [5.41, 5.74) is 10.1. The molecule has 4 rings (SSSR count). The number of rotatable bonds is 1. The average molecular weight is 322 g/mol. The van der Waals surface area contributed by atoms with Gasteiger partial charge in [0, 0.05) is 28.1 Å². The van der Waals surface area contributed by atoms with Gasteiger partial charge in [0.15, 0.2) is 0 Å². The van der Waals surface area contributed by atoms with Crippen molar-refractivity contribution in [1.82, 2.24) is 0 Å². The van der Waals surface area contributed by atoms with Crippen molar-refractivity contribution in [2.75, 3.05) is 11.1 Å². The van der Waals surface area contributed by atoms with E-state index in [4.69, 9.17) is 5.73 Å². The fourth-order valence-electron chi connectivity index (χ4n) is 3.67. The Morgan fingerprint density at radius 2 is 2.08 bits per heavy atom. The van der Waals surface area contributed by atoms with E-state index in [0.717, 1.165) is 16.8 Å². The number of benzene rings is 2. The average Bonchev–Trinajstić information content (AvgIpc) is 2.83. The standard InChI is InChI=1S/C19H18N2O3/c20-12-4-5-15-13(9-12)14(19(24)21-15)7-10-6-11-2-1-3-16(22)18(11)17(23)8-10/h1-5,7,9-10,17,22-23H,6,8,20H2,(H,21,24). The molecule has 1 heterocycles. The van der Waals surface area contributed by atoms with Gasteiger partial charge >= 0.3 is 0 Å². The highest BCUT2D eigenvalue weighted by Gasteiger charge is 2.30. The van der Waals surface area contributed by atoms with Crippen LogP contribution in [0.3, 0.4) is 0 Å². The summed E-state index contributed by atoms with van der Waals surface area (Å²) in [6.45, 7) is 0. The lowest BCUT2D eigenvalue weighted by Gasteiger charge is -2.27. The van der Waals surface area contributed by atoms with Gasteiger partial charge in [-0.05, 0) is 48.6 Å². The lowest BCUT2D eigenvalue weighted by molar-refractivity contribution is -0.110. The molecule has 1 amide bonds. The third-order valence-electron chi connectivity index (χ3n) is 4.74. The molecular weight excluding hydrogens is 304 g/mol. The first-order valence-corrected chi connectivity index (χ1v) is 7.95. The molecule has 2 aromatic carbocycles. The van der Waals surface area contributed by atoms with Crippen molar-refractivity contribution in [1.29, 1.82) is 0 Å². The summed E-state index contributed by atoms with van der Waals surface area (Å²) in [4.78, 5) is 12.3. The monoisotopic (exact) mass is 322 g/mol. The molecule has 0 saturated heterocycles. The van der Waals surface area contributed by atoms with Gasteiger partial charge in [-0.15, -0.1) is 0 Å². The van der Waals surface area contributed by atoms with E-state index in [-0.39, 0.29) is 17.6 Å². The molecule has 0 saturated carbocycles. The number of aliphatic hydroxyl groups is 1. The molecule has 2 atom stereocenters. The third kappa shape index (κ3) is 2.34. The normalized spacial score (nSPS) is 23.7. The summed E-state index contributed by atoms with van der Waals surface area (Å²) in [5, 5.41) is 23.2. The first kappa shape index (κ1) is 14.8. The van der Waals surface area contributed by atoms with Crippen molar-refractivity contribution in [2.24, 2.45) is 5.92 Å². The summed E-state index contributed by atoms with van der Waals surface area (Å²) in [6.07, 6.45) is 2.33. The number of aliphatic hydroxyl groups excluding tert-OH is 1. The molecule has 1 aliphatic carbocycles. The van der Waals surface area contributed by atoms with Gasteiger partial charge in [0.2, 0.25) is 0 Å². The molecule has 5 nitrogen and oxygen atoms in total. The Bertz CT molecular complexity index is 873. The summed E-state index contributed by atoms with van der Waals surface area (Å²) in [6, 6.07) is 10.6. The van der Waals surface area contributed by atoms with Gasteiger partial charge in [-0.1, -0.05) is 18.2 Å². The number of nitrogens with two attached hydrogens (primary N) is 1. The van der Waals surface area contributed by atoms with Gasteiger partial charge in [0.05, 0.1) is 6.10 Å². The molecule has 5 heteroatoms. The Balaban J connectivity index is 1.71. The van der Waals surface area contributed by atoms with E-state index in [1.807, 2.05) is 12.1 Å². The van der Waals surface area contributed by atoms with E-state index >= 15 is 0 Å². The Hall–Kier alpha value is -2.79. The molecule has 5 N–H and O–H groups in total. The van der Waals surface area contributed by atoms with Crippen molar-refractivity contribution >= 4 is 22.9 Å². The zero-order valence-corrected chi connectivity index (χ0v) is 13.0. The zero-order chi connectivity index (χ0) is 16.8. The topological polar surface area (TPSA) is 95.6 Å². The van der Waals surface area contributed by atoms with Gasteiger partial charge in [-0.3, -0.25) is 4.79 Å². The quantitative estimate of drug-likeness (QED) is 0.479. The molecule has 0 radical (unpaired) electrons. The SMILES string of the molecule is Nc1ccc2c(c1)C(=CC1Cc3cccc(O)c3C(O)C1)C(=O)N2. The number of phenols is 1. The maximum atomic E-state index is 12.3. The van der Waals surface area contributed by atoms with Crippen LogP contribution in [-0.2, 0) is 11.2 Å². The molecule has 2 aromatic rings. The van der Waals surface area contributed by atoms with E-state index < -0.39 is 6.10 Å². The molecule has 24 heavy (non-hydrogen) atoms. The Morgan fingerprint density at radius 1 is 1.25 bits per heavy atom. The molecule has 122 valence electrons. The predicted octanol–water partition coefficient (Wildman–Crippen LogP) is 2.61. The van der Waals surface area contributed by atoms with Crippen molar-refractivity contribution in [3.8, 4) is 5.75 Å². The zero-order valence-electron chi connectivity index (χ0n) is 13.0. The smallest absolute Gasteiger partial charge is 0.256 e. The summed E-state index contributed by atoms with van der Waals surface area (Å²) >= 11 is 0. The Kier molecular flexibility index (Phi) is 3.32. The second-order valence-corrected chi connectivity index (χ2v) is 6.41. The van der Waals surface area contributed by atoms with Crippen molar-refractivity contribution in [3.05, 3.63) is 59.2 Å². The second kappa shape index (κ2) is 5.39. The van der Waals surface area contributed by atoms with Gasteiger partial charge in [0.1, 0.15) is 5.75 Å². The van der Waals surface area contributed by atoms with Crippen LogP contribution >= 0.6 is 0 Å². The maximum absolute atomic E-state index is 12.3. The van der Waals surface area contributed by atoms with Gasteiger partial charge in [-0.25, -0.2) is 0 Å². The largest absolute Gasteiger partial charge is 0.508 e. The van der Waals surface area contributed by atoms with E-state index in [0.29, 0.717) is 29.7 Å². The number of anilines is 2. The van der Waals surface area contributed by atoms with Crippen LogP contribution in [0.2, 0.25) is 0 Å². The number of hydrogen-bond donors (Lipinski definition) is 4. The highest BCUT2D eigenvalue weighted by Crippen LogP contribution is 2.41. The summed E-state index contributed by atoms with van der Waals surface area (Å²) in [7, 11) is 0. The summed E-state index contributed by atoms with van der Waals surface area (Å²) < 4.78 is 0. The summed E-state index contributed by atoms with van der Waals surface area (Å²) in [5.74, 6) is -0.00272. The van der Waals surface area contributed by atoms with Crippen molar-refractivity contribution in [3.63, 3.8) is 0 Å². The Labute approximate surface area is 139 Å². The van der Waals surface area contributed by atoms with Crippen LogP contribution in [0.25, 0.3) is 5.57 Å². The van der Waals surface area contributed by atoms with Crippen molar-refractivity contribution < 1.29 is 15.0 Å². The molecule has 0 fully saturated rings. The number of hydrogen-bond acceptors (Lipinski definition) is 4. The first-order chi connectivity index (χ1) is 11.5. The molecule has 0 spiro atoms. The molecule has 2 aliphatic rings. The molecular formula is C19H18N2O3. The first-order valence-electron chi connectivity index (χ1n) is 7.95. The molecule has 1 aliphatic heterocycles. The van der Waals surface area contributed by atoms with Gasteiger partial charge in [-0.2, -0.15) is 0 Å². The number of fused-ring (bicyclic) bond motifs is 2. The fourth-order valence-corrected chi connectivity index (χ4v) is 3.67. The third-order valence-corrected chi connectivity index (χ3v) is 4.74. The minimum absolute atomic E-state index is 0.0161. The van der Waals surface area contributed by atoms with Gasteiger partial charge < -0.3 is 21.3 Å². The van der Waals surface area contributed by atoms with Crippen LogP contribution < -0.4 is 11.1 Å². The molecule has 2 unspecified atom stereocenters. The fraction of sp³-hybridized carbons (Fsp3) is 0.211. The number of nitrogen functional groups attached to an aromatic ring is 1. The van der Waals surface area contributed by atoms with Crippen LogP contribution in [0, 0.1) is 5.92 Å². The molecule has 0 aromatic heterocycles. The molecule has 0 bridgehead atoms. The number of carbonyl (C=O) groups is 1. The number of nitrogens with one attached hydrogen (secondary N) is 1.